The molecule has 4 rings (SSSR count). The van der Waals surface area contributed by atoms with Gasteiger partial charge in [-0.1, -0.05) is 18.2 Å². The van der Waals surface area contributed by atoms with Crippen LogP contribution < -0.4 is 10.9 Å². The number of aromatic amines is 1. The number of H-pyrrole nitrogens is 1. The summed E-state index contributed by atoms with van der Waals surface area (Å²) >= 11 is 0. The standard InChI is InChI=1S/C25H17F3N4O4/c26-25(27,28)17-8-6-16(7-9-17)23(33)29-18-10-13-20-21(14-18)24(34)31-30-22(20)3-1-2-15-4-11-19(12-5-15)32(35)36/h1-2,4-14H,3H2,(H,29,33)(H,31,34)/b2-1+. The van der Waals surface area contributed by atoms with Crippen LogP contribution >= 0.6 is 0 Å². The Kier molecular flexibility index (Phi) is 6.64. The lowest BCUT2D eigenvalue weighted by Crippen LogP contribution is -2.14. The number of allylic oxidation sites excluding steroid dienone is 1. The first-order chi connectivity index (χ1) is 17.1. The van der Waals surface area contributed by atoms with Gasteiger partial charge in [-0.2, -0.15) is 18.3 Å². The number of nitrogens with one attached hydrogen (secondary N) is 2. The fourth-order valence-corrected chi connectivity index (χ4v) is 3.48. The number of amides is 1. The van der Waals surface area contributed by atoms with Crippen LogP contribution in [0.4, 0.5) is 24.5 Å². The van der Waals surface area contributed by atoms with Gasteiger partial charge in [-0.3, -0.25) is 19.7 Å². The van der Waals surface area contributed by atoms with Gasteiger partial charge in [0.15, 0.2) is 0 Å². The molecule has 0 saturated carbocycles. The van der Waals surface area contributed by atoms with Gasteiger partial charge >= 0.3 is 6.18 Å². The van der Waals surface area contributed by atoms with Gasteiger partial charge in [0.1, 0.15) is 0 Å². The largest absolute Gasteiger partial charge is 0.416 e. The summed E-state index contributed by atoms with van der Waals surface area (Å²) in [6, 6.07) is 14.4. The summed E-state index contributed by atoms with van der Waals surface area (Å²) in [5.74, 6) is -0.625. The predicted octanol–water partition coefficient (Wildman–Crippen LogP) is 5.36. The number of anilines is 1. The number of nitro groups is 1. The summed E-state index contributed by atoms with van der Waals surface area (Å²) < 4.78 is 38.2. The Hall–Kier alpha value is -4.80. The van der Waals surface area contributed by atoms with E-state index >= 15 is 0 Å². The number of alkyl halides is 3. The number of benzene rings is 3. The molecule has 8 nitrogen and oxygen atoms in total. The summed E-state index contributed by atoms with van der Waals surface area (Å²) in [6.07, 6.45) is -0.596. The highest BCUT2D eigenvalue weighted by atomic mass is 19.4. The lowest BCUT2D eigenvalue weighted by molar-refractivity contribution is -0.384. The van der Waals surface area contributed by atoms with Gasteiger partial charge in [0.05, 0.1) is 21.6 Å². The second-order valence-electron chi connectivity index (χ2n) is 7.74. The first-order valence-corrected chi connectivity index (χ1v) is 10.5. The summed E-state index contributed by atoms with van der Waals surface area (Å²) in [5, 5.41) is 20.7. The molecule has 0 atom stereocenters. The number of hydrogen-bond acceptors (Lipinski definition) is 5. The van der Waals surface area contributed by atoms with E-state index < -0.39 is 28.1 Å². The molecule has 0 aliphatic rings. The fraction of sp³-hybridized carbons (Fsp3) is 0.0800. The number of nitrogens with zero attached hydrogens (tertiary/aromatic N) is 2. The van der Waals surface area contributed by atoms with Crippen molar-refractivity contribution in [1.82, 2.24) is 10.2 Å². The minimum atomic E-state index is -4.50. The second-order valence-corrected chi connectivity index (χ2v) is 7.74. The van der Waals surface area contributed by atoms with Gasteiger partial charge in [-0.15, -0.1) is 0 Å². The summed E-state index contributed by atoms with van der Waals surface area (Å²) in [6.45, 7) is 0. The van der Waals surface area contributed by atoms with Crippen LogP contribution in [0.1, 0.15) is 27.2 Å². The van der Waals surface area contributed by atoms with Crippen LogP contribution in [0.25, 0.3) is 16.8 Å². The van der Waals surface area contributed by atoms with E-state index in [-0.39, 0.29) is 22.3 Å². The van der Waals surface area contributed by atoms with Crippen LogP contribution in [0.3, 0.4) is 0 Å². The van der Waals surface area contributed by atoms with E-state index in [4.69, 9.17) is 0 Å². The van der Waals surface area contributed by atoms with Crippen molar-refractivity contribution in [3.8, 4) is 0 Å². The number of aromatic nitrogens is 2. The molecule has 0 saturated heterocycles. The Bertz CT molecular complexity index is 1530. The van der Waals surface area contributed by atoms with Crippen molar-refractivity contribution in [2.75, 3.05) is 5.32 Å². The molecule has 2 N–H and O–H groups in total. The number of nitro benzene ring substituents is 1. The van der Waals surface area contributed by atoms with Crippen LogP contribution in [0.5, 0.6) is 0 Å². The van der Waals surface area contributed by atoms with Crippen LogP contribution in [0.2, 0.25) is 0 Å². The Morgan fingerprint density at radius 3 is 2.36 bits per heavy atom. The molecule has 0 unspecified atom stereocenters. The van der Waals surface area contributed by atoms with Crippen molar-refractivity contribution in [2.45, 2.75) is 12.6 Å². The van der Waals surface area contributed by atoms with Gasteiger partial charge in [0, 0.05) is 35.2 Å². The summed E-state index contributed by atoms with van der Waals surface area (Å²) in [4.78, 5) is 35.1. The van der Waals surface area contributed by atoms with Crippen LogP contribution in [-0.4, -0.2) is 21.0 Å². The average molecular weight is 494 g/mol. The molecule has 1 heterocycles. The lowest BCUT2D eigenvalue weighted by atomic mass is 10.1. The minimum Gasteiger partial charge on any atom is -0.322 e. The monoisotopic (exact) mass is 494 g/mol. The third kappa shape index (κ3) is 5.46. The molecule has 0 aliphatic heterocycles. The Labute approximate surface area is 201 Å². The zero-order valence-corrected chi connectivity index (χ0v) is 18.4. The first-order valence-electron chi connectivity index (χ1n) is 10.5. The molecule has 36 heavy (non-hydrogen) atoms. The van der Waals surface area contributed by atoms with E-state index in [1.807, 2.05) is 0 Å². The minimum absolute atomic E-state index is 0.0123. The highest BCUT2D eigenvalue weighted by Crippen LogP contribution is 2.29. The van der Waals surface area contributed by atoms with E-state index in [9.17, 15) is 32.9 Å². The molecule has 4 aromatic rings. The molecule has 182 valence electrons. The topological polar surface area (TPSA) is 118 Å². The normalized spacial score (nSPS) is 11.6. The maximum absolute atomic E-state index is 12.7. The third-order valence-electron chi connectivity index (χ3n) is 5.33. The molecule has 0 bridgehead atoms. The summed E-state index contributed by atoms with van der Waals surface area (Å²) in [5.41, 5.74) is 0.283. The van der Waals surface area contributed by atoms with Gasteiger partial charge < -0.3 is 5.32 Å². The molecule has 0 aliphatic carbocycles. The Morgan fingerprint density at radius 2 is 1.72 bits per heavy atom. The number of halogens is 3. The van der Waals surface area contributed by atoms with Gasteiger partial charge in [0.25, 0.3) is 17.2 Å². The van der Waals surface area contributed by atoms with Gasteiger partial charge in [0.2, 0.25) is 0 Å². The highest BCUT2D eigenvalue weighted by molar-refractivity contribution is 6.05. The highest BCUT2D eigenvalue weighted by Gasteiger charge is 2.30. The zero-order chi connectivity index (χ0) is 25.9. The molecular weight excluding hydrogens is 477 g/mol. The van der Waals surface area contributed by atoms with E-state index in [1.54, 1.807) is 36.4 Å². The maximum Gasteiger partial charge on any atom is 0.416 e. The molecular formula is C25H17F3N4O4. The van der Waals surface area contributed by atoms with E-state index in [2.05, 4.69) is 15.5 Å². The van der Waals surface area contributed by atoms with Crippen LogP contribution in [0, 0.1) is 10.1 Å². The zero-order valence-electron chi connectivity index (χ0n) is 18.4. The molecule has 0 spiro atoms. The van der Waals surface area contributed by atoms with Crippen molar-refractivity contribution in [1.29, 1.82) is 0 Å². The van der Waals surface area contributed by atoms with E-state index in [1.165, 1.54) is 18.2 Å². The molecule has 3 aromatic carbocycles. The molecule has 1 amide bonds. The molecule has 0 radical (unpaired) electrons. The smallest absolute Gasteiger partial charge is 0.322 e. The third-order valence-corrected chi connectivity index (χ3v) is 5.33. The van der Waals surface area contributed by atoms with Crippen molar-refractivity contribution < 1.29 is 22.9 Å². The van der Waals surface area contributed by atoms with E-state index in [0.717, 1.165) is 29.8 Å². The van der Waals surface area contributed by atoms with Crippen molar-refractivity contribution >= 4 is 34.1 Å². The Balaban J connectivity index is 1.51. The lowest BCUT2D eigenvalue weighted by Gasteiger charge is -2.09. The van der Waals surface area contributed by atoms with Crippen molar-refractivity contribution in [3.63, 3.8) is 0 Å². The average Bonchev–Trinajstić information content (AvgIpc) is 2.85. The number of carbonyl (C=O) groups excluding carboxylic acids is 1. The molecule has 1 aromatic heterocycles. The van der Waals surface area contributed by atoms with Crippen molar-refractivity contribution in [2.24, 2.45) is 0 Å². The van der Waals surface area contributed by atoms with Gasteiger partial charge in [-0.25, -0.2) is 5.10 Å². The molecule has 11 heteroatoms. The Morgan fingerprint density at radius 1 is 1.03 bits per heavy atom. The number of fused-ring (bicyclic) bond motifs is 1. The van der Waals surface area contributed by atoms with Crippen LogP contribution in [0.15, 0.2) is 77.6 Å². The maximum atomic E-state index is 12.7. The first kappa shape index (κ1) is 24.3. The molecule has 0 fully saturated rings. The second kappa shape index (κ2) is 9.82. The number of carbonyl (C=O) groups is 1. The predicted molar refractivity (Wildman–Crippen MR) is 128 cm³/mol. The van der Waals surface area contributed by atoms with Crippen LogP contribution in [-0.2, 0) is 12.6 Å². The SMILES string of the molecule is O=C(Nc1ccc2c(C/C=C/c3ccc([N+](=O)[O-])cc3)n[nH]c(=O)c2c1)c1ccc(C(F)(F)F)cc1. The number of rotatable bonds is 6. The number of hydrogen-bond donors (Lipinski definition) is 2. The summed E-state index contributed by atoms with van der Waals surface area (Å²) in [7, 11) is 0. The number of non-ortho nitro benzene ring substituents is 1. The van der Waals surface area contributed by atoms with Crippen molar-refractivity contribution in [3.05, 3.63) is 116 Å². The van der Waals surface area contributed by atoms with E-state index in [0.29, 0.717) is 17.5 Å². The fourth-order valence-electron chi connectivity index (χ4n) is 3.48. The van der Waals surface area contributed by atoms with Gasteiger partial charge in [-0.05, 0) is 54.1 Å². The quantitative estimate of drug-likeness (QED) is 0.276.